The van der Waals surface area contributed by atoms with Crippen LogP contribution in [0.15, 0.2) is 0 Å². The Bertz CT molecular complexity index is 301. The fourth-order valence-corrected chi connectivity index (χ4v) is 3.87. The van der Waals surface area contributed by atoms with Crippen molar-refractivity contribution in [3.05, 3.63) is 0 Å². The van der Waals surface area contributed by atoms with Crippen LogP contribution in [0.1, 0.15) is 32.1 Å². The third-order valence-corrected chi connectivity index (χ3v) is 5.19. The summed E-state index contributed by atoms with van der Waals surface area (Å²) in [5.41, 5.74) is 0. The number of nitrogens with zero attached hydrogens (tertiary/aromatic N) is 1. The largest absolute Gasteiger partial charge is 0.381 e. The van der Waals surface area contributed by atoms with Gasteiger partial charge in [-0.05, 0) is 57.0 Å². The van der Waals surface area contributed by atoms with Gasteiger partial charge in [0.15, 0.2) is 0 Å². The third kappa shape index (κ3) is 3.11. The maximum Gasteiger partial charge on any atom is 0.225 e. The zero-order valence-corrected chi connectivity index (χ0v) is 11.8. The molecule has 0 saturated carbocycles. The predicted molar refractivity (Wildman–Crippen MR) is 73.8 cm³/mol. The fraction of sp³-hybridized carbons (Fsp3) is 0.933. The number of carbonyl (C=O) groups is 1. The van der Waals surface area contributed by atoms with Gasteiger partial charge in [-0.2, -0.15) is 0 Å². The highest BCUT2D eigenvalue weighted by Gasteiger charge is 2.32. The maximum absolute atomic E-state index is 12.4. The molecule has 0 aromatic rings. The Kier molecular flexibility index (Phi) is 4.38. The second kappa shape index (κ2) is 6.23. The van der Waals surface area contributed by atoms with E-state index in [4.69, 9.17) is 4.74 Å². The number of nitrogens with one attached hydrogen (secondary N) is 1. The summed E-state index contributed by atoms with van der Waals surface area (Å²) in [4.78, 5) is 14.6. The van der Waals surface area contributed by atoms with Crippen molar-refractivity contribution in [1.82, 2.24) is 10.2 Å². The molecule has 1 atom stereocenters. The van der Waals surface area contributed by atoms with Crippen LogP contribution in [-0.2, 0) is 9.53 Å². The Labute approximate surface area is 115 Å². The van der Waals surface area contributed by atoms with Crippen molar-refractivity contribution >= 4 is 5.91 Å². The summed E-state index contributed by atoms with van der Waals surface area (Å²) in [5.74, 6) is 2.33. The monoisotopic (exact) mass is 266 g/mol. The molecular weight excluding hydrogens is 240 g/mol. The lowest BCUT2D eigenvalue weighted by Gasteiger charge is -2.37. The van der Waals surface area contributed by atoms with Crippen molar-refractivity contribution in [2.75, 3.05) is 39.4 Å². The topological polar surface area (TPSA) is 41.6 Å². The Morgan fingerprint density at radius 3 is 2.37 bits per heavy atom. The summed E-state index contributed by atoms with van der Waals surface area (Å²) < 4.78 is 5.34. The van der Waals surface area contributed by atoms with Gasteiger partial charge in [-0.3, -0.25) is 4.79 Å². The molecule has 1 N–H and O–H groups in total. The quantitative estimate of drug-likeness (QED) is 0.818. The molecule has 0 radical (unpaired) electrons. The SMILES string of the molecule is O=C(C1CCOCC1)N1CCC(C2CCNC2)CC1. The maximum atomic E-state index is 12.4. The third-order valence-electron chi connectivity index (χ3n) is 5.19. The van der Waals surface area contributed by atoms with E-state index in [0.717, 1.165) is 51.0 Å². The van der Waals surface area contributed by atoms with Crippen LogP contribution in [0, 0.1) is 17.8 Å². The van der Waals surface area contributed by atoms with Crippen molar-refractivity contribution < 1.29 is 9.53 Å². The van der Waals surface area contributed by atoms with Crippen molar-refractivity contribution in [2.24, 2.45) is 17.8 Å². The van der Waals surface area contributed by atoms with E-state index in [0.29, 0.717) is 5.91 Å². The molecular formula is C15H26N2O2. The minimum Gasteiger partial charge on any atom is -0.381 e. The molecule has 108 valence electrons. The van der Waals surface area contributed by atoms with E-state index in [9.17, 15) is 4.79 Å². The van der Waals surface area contributed by atoms with Gasteiger partial charge in [0, 0.05) is 32.2 Å². The van der Waals surface area contributed by atoms with Crippen molar-refractivity contribution in [1.29, 1.82) is 0 Å². The Hall–Kier alpha value is -0.610. The lowest BCUT2D eigenvalue weighted by atomic mass is 9.83. The Morgan fingerprint density at radius 1 is 1.00 bits per heavy atom. The number of piperidine rings is 1. The predicted octanol–water partition coefficient (Wildman–Crippen LogP) is 1.26. The summed E-state index contributed by atoms with van der Waals surface area (Å²) >= 11 is 0. The van der Waals surface area contributed by atoms with Crippen LogP contribution in [0.2, 0.25) is 0 Å². The van der Waals surface area contributed by atoms with Gasteiger partial charge < -0.3 is 15.0 Å². The molecule has 4 heteroatoms. The molecule has 1 amide bonds. The minimum absolute atomic E-state index is 0.235. The van der Waals surface area contributed by atoms with Crippen molar-refractivity contribution in [3.8, 4) is 0 Å². The van der Waals surface area contributed by atoms with Gasteiger partial charge in [0.1, 0.15) is 0 Å². The molecule has 3 heterocycles. The van der Waals surface area contributed by atoms with Crippen LogP contribution in [0.5, 0.6) is 0 Å². The molecule has 0 aromatic carbocycles. The van der Waals surface area contributed by atoms with E-state index in [-0.39, 0.29) is 5.92 Å². The van der Waals surface area contributed by atoms with E-state index in [1.165, 1.54) is 32.4 Å². The molecule has 4 nitrogen and oxygen atoms in total. The van der Waals surface area contributed by atoms with Crippen molar-refractivity contribution in [3.63, 3.8) is 0 Å². The van der Waals surface area contributed by atoms with Gasteiger partial charge in [-0.15, -0.1) is 0 Å². The van der Waals surface area contributed by atoms with E-state index < -0.39 is 0 Å². The first-order valence-corrected chi connectivity index (χ1v) is 7.92. The first-order chi connectivity index (χ1) is 9.34. The number of rotatable bonds is 2. The van der Waals surface area contributed by atoms with Crippen LogP contribution in [0.4, 0.5) is 0 Å². The minimum atomic E-state index is 0.235. The van der Waals surface area contributed by atoms with E-state index in [2.05, 4.69) is 10.2 Å². The number of hydrogen-bond acceptors (Lipinski definition) is 3. The summed E-state index contributed by atoms with van der Waals surface area (Å²) in [6, 6.07) is 0. The fourth-order valence-electron chi connectivity index (χ4n) is 3.87. The normalized spacial score (nSPS) is 30.7. The first kappa shape index (κ1) is 13.4. The second-order valence-corrected chi connectivity index (χ2v) is 6.30. The number of ether oxygens (including phenoxy) is 1. The molecule has 0 aliphatic carbocycles. The summed E-state index contributed by atoms with van der Waals surface area (Å²) in [6.45, 7) is 5.88. The molecule has 0 bridgehead atoms. The van der Waals surface area contributed by atoms with Crippen LogP contribution >= 0.6 is 0 Å². The average Bonchev–Trinajstić information content (AvgIpc) is 3.02. The van der Waals surface area contributed by atoms with Gasteiger partial charge in [-0.25, -0.2) is 0 Å². The molecule has 3 aliphatic rings. The number of amides is 1. The van der Waals surface area contributed by atoms with E-state index in [1.54, 1.807) is 0 Å². The number of hydrogen-bond donors (Lipinski definition) is 1. The molecule has 0 aromatic heterocycles. The number of likely N-dealkylation sites (tertiary alicyclic amines) is 1. The Balaban J connectivity index is 1.47. The van der Waals surface area contributed by atoms with Gasteiger partial charge in [-0.1, -0.05) is 0 Å². The van der Waals surface area contributed by atoms with Crippen LogP contribution in [-0.4, -0.2) is 50.2 Å². The molecule has 19 heavy (non-hydrogen) atoms. The Morgan fingerprint density at radius 2 is 1.74 bits per heavy atom. The van der Waals surface area contributed by atoms with Gasteiger partial charge >= 0.3 is 0 Å². The summed E-state index contributed by atoms with van der Waals surface area (Å²) in [7, 11) is 0. The van der Waals surface area contributed by atoms with Crippen molar-refractivity contribution in [2.45, 2.75) is 32.1 Å². The zero-order valence-electron chi connectivity index (χ0n) is 11.8. The van der Waals surface area contributed by atoms with Crippen LogP contribution in [0.3, 0.4) is 0 Å². The van der Waals surface area contributed by atoms with Gasteiger partial charge in [0.25, 0.3) is 0 Å². The average molecular weight is 266 g/mol. The zero-order chi connectivity index (χ0) is 13.1. The lowest BCUT2D eigenvalue weighted by molar-refractivity contribution is -0.140. The highest BCUT2D eigenvalue weighted by atomic mass is 16.5. The van der Waals surface area contributed by atoms with Gasteiger partial charge in [0.2, 0.25) is 5.91 Å². The number of carbonyl (C=O) groups excluding carboxylic acids is 1. The van der Waals surface area contributed by atoms with Crippen LogP contribution in [0.25, 0.3) is 0 Å². The first-order valence-electron chi connectivity index (χ1n) is 7.92. The standard InChI is InChI=1S/C15H26N2O2/c18-15(13-4-9-19-10-5-13)17-7-2-12(3-8-17)14-1-6-16-11-14/h12-14,16H,1-11H2. The molecule has 3 rings (SSSR count). The lowest BCUT2D eigenvalue weighted by Crippen LogP contribution is -2.44. The van der Waals surface area contributed by atoms with Crippen LogP contribution < -0.4 is 5.32 Å². The second-order valence-electron chi connectivity index (χ2n) is 6.30. The summed E-state index contributed by atoms with van der Waals surface area (Å²) in [6.07, 6.45) is 5.60. The molecule has 3 saturated heterocycles. The summed E-state index contributed by atoms with van der Waals surface area (Å²) in [5, 5.41) is 3.46. The molecule has 3 fully saturated rings. The molecule has 3 aliphatic heterocycles. The van der Waals surface area contributed by atoms with Gasteiger partial charge in [0.05, 0.1) is 0 Å². The molecule has 1 unspecified atom stereocenters. The smallest absolute Gasteiger partial charge is 0.225 e. The molecule has 0 spiro atoms. The highest BCUT2D eigenvalue weighted by molar-refractivity contribution is 5.79. The van der Waals surface area contributed by atoms with E-state index >= 15 is 0 Å². The highest BCUT2D eigenvalue weighted by Crippen LogP contribution is 2.30. The van der Waals surface area contributed by atoms with E-state index in [1.807, 2.05) is 0 Å².